The predicted molar refractivity (Wildman–Crippen MR) is 99.6 cm³/mol. The summed E-state index contributed by atoms with van der Waals surface area (Å²) in [5.41, 5.74) is -2.15. The molecule has 0 atom stereocenters. The number of carbonyl (C=O) groups is 1. The van der Waals surface area contributed by atoms with Crippen molar-refractivity contribution in [3.63, 3.8) is 0 Å². The standard InChI is InChI=1S/C15H10F3IN2O6S/c1-28(25,26)20-14(22)10-7-9(3-4-12(10)21(23)24)27-13-5-2-8(6-11(13)19)15(16,17)18/h2-7H,1H3,(H,20,22). The first-order valence-electron chi connectivity index (χ1n) is 7.13. The van der Waals surface area contributed by atoms with E-state index in [1.165, 1.54) is 0 Å². The third-order valence-electron chi connectivity index (χ3n) is 3.17. The highest BCUT2D eigenvalue weighted by atomic mass is 127. The lowest BCUT2D eigenvalue weighted by molar-refractivity contribution is -0.385. The Morgan fingerprint density at radius 1 is 1.21 bits per heavy atom. The molecule has 28 heavy (non-hydrogen) atoms. The fraction of sp³-hybridized carbons (Fsp3) is 0.133. The number of hydrogen-bond donors (Lipinski definition) is 1. The number of hydrogen-bond acceptors (Lipinski definition) is 6. The molecule has 150 valence electrons. The molecule has 0 spiro atoms. The van der Waals surface area contributed by atoms with Crippen LogP contribution in [0.3, 0.4) is 0 Å². The minimum Gasteiger partial charge on any atom is -0.456 e. The first kappa shape index (κ1) is 21.9. The number of alkyl halides is 3. The van der Waals surface area contributed by atoms with E-state index in [0.29, 0.717) is 6.26 Å². The van der Waals surface area contributed by atoms with Gasteiger partial charge in [0.1, 0.15) is 17.1 Å². The van der Waals surface area contributed by atoms with Gasteiger partial charge in [-0.2, -0.15) is 13.2 Å². The molecule has 0 unspecified atom stereocenters. The number of ether oxygens (including phenoxy) is 1. The van der Waals surface area contributed by atoms with Crippen molar-refractivity contribution in [3.05, 3.63) is 61.2 Å². The third kappa shape index (κ3) is 5.54. The van der Waals surface area contributed by atoms with E-state index < -0.39 is 43.8 Å². The highest BCUT2D eigenvalue weighted by Crippen LogP contribution is 2.35. The molecule has 0 aromatic heterocycles. The summed E-state index contributed by atoms with van der Waals surface area (Å²) in [7, 11) is -3.98. The molecule has 1 N–H and O–H groups in total. The molecule has 13 heteroatoms. The van der Waals surface area contributed by atoms with Crippen LogP contribution in [0.25, 0.3) is 0 Å². The second-order valence-electron chi connectivity index (χ2n) is 5.38. The molecular formula is C15H10F3IN2O6S. The van der Waals surface area contributed by atoms with E-state index in [-0.39, 0.29) is 15.1 Å². The molecule has 2 rings (SSSR count). The second-order valence-corrected chi connectivity index (χ2v) is 8.30. The zero-order chi connectivity index (χ0) is 21.3. The van der Waals surface area contributed by atoms with Crippen LogP contribution in [0.5, 0.6) is 11.5 Å². The topological polar surface area (TPSA) is 116 Å². The van der Waals surface area contributed by atoms with Gasteiger partial charge in [0.05, 0.1) is 20.3 Å². The molecule has 0 fully saturated rings. The molecule has 2 aromatic rings. The van der Waals surface area contributed by atoms with Crippen molar-refractivity contribution in [2.75, 3.05) is 6.26 Å². The van der Waals surface area contributed by atoms with Gasteiger partial charge in [-0.05, 0) is 46.9 Å². The lowest BCUT2D eigenvalue weighted by Crippen LogP contribution is -2.29. The SMILES string of the molecule is CS(=O)(=O)NC(=O)c1cc(Oc2ccc(C(F)(F)F)cc2I)ccc1[N+](=O)[O-]. The van der Waals surface area contributed by atoms with Gasteiger partial charge in [0.15, 0.2) is 0 Å². The van der Waals surface area contributed by atoms with Gasteiger partial charge < -0.3 is 4.74 Å². The van der Waals surface area contributed by atoms with Crippen LogP contribution in [0.1, 0.15) is 15.9 Å². The number of halogens is 4. The van der Waals surface area contributed by atoms with Crippen molar-refractivity contribution in [1.29, 1.82) is 0 Å². The van der Waals surface area contributed by atoms with E-state index in [9.17, 15) is 36.5 Å². The average Bonchev–Trinajstić information content (AvgIpc) is 2.54. The summed E-state index contributed by atoms with van der Waals surface area (Å²) in [5.74, 6) is -1.35. The number of nitro groups is 1. The van der Waals surface area contributed by atoms with Crippen molar-refractivity contribution < 1.29 is 36.0 Å². The molecule has 0 bridgehead atoms. The van der Waals surface area contributed by atoms with Gasteiger partial charge in [0.25, 0.3) is 11.6 Å². The summed E-state index contributed by atoms with van der Waals surface area (Å²) >= 11 is 1.62. The van der Waals surface area contributed by atoms with Crippen LogP contribution in [0, 0.1) is 13.7 Å². The summed E-state index contributed by atoms with van der Waals surface area (Å²) in [5, 5.41) is 11.1. The zero-order valence-corrected chi connectivity index (χ0v) is 16.8. The Bertz CT molecular complexity index is 1060. The van der Waals surface area contributed by atoms with Crippen LogP contribution in [0.4, 0.5) is 18.9 Å². The Hall–Kier alpha value is -2.42. The Morgan fingerprint density at radius 3 is 2.36 bits per heavy atom. The Morgan fingerprint density at radius 2 is 1.86 bits per heavy atom. The van der Waals surface area contributed by atoms with Crippen molar-refractivity contribution in [1.82, 2.24) is 4.72 Å². The normalized spacial score (nSPS) is 11.8. The van der Waals surface area contributed by atoms with Crippen LogP contribution in [-0.2, 0) is 16.2 Å². The quantitative estimate of drug-likeness (QED) is 0.358. The maximum atomic E-state index is 12.7. The highest BCUT2D eigenvalue weighted by Gasteiger charge is 2.31. The number of nitro benzene ring substituents is 1. The van der Waals surface area contributed by atoms with Crippen molar-refractivity contribution in [2.24, 2.45) is 0 Å². The van der Waals surface area contributed by atoms with E-state index in [4.69, 9.17) is 4.74 Å². The van der Waals surface area contributed by atoms with E-state index in [0.717, 1.165) is 36.4 Å². The fourth-order valence-corrected chi connectivity index (χ4v) is 3.10. The van der Waals surface area contributed by atoms with Crippen LogP contribution in [-0.4, -0.2) is 25.5 Å². The summed E-state index contributed by atoms with van der Waals surface area (Å²) in [6, 6.07) is 5.67. The van der Waals surface area contributed by atoms with E-state index in [2.05, 4.69) is 0 Å². The monoisotopic (exact) mass is 530 g/mol. The van der Waals surface area contributed by atoms with E-state index >= 15 is 0 Å². The minimum atomic E-state index is -4.54. The van der Waals surface area contributed by atoms with Crippen LogP contribution in [0.2, 0.25) is 0 Å². The lowest BCUT2D eigenvalue weighted by atomic mass is 10.1. The van der Waals surface area contributed by atoms with Crippen LogP contribution in [0.15, 0.2) is 36.4 Å². The van der Waals surface area contributed by atoms with E-state index in [1.807, 2.05) is 0 Å². The molecule has 1 amide bonds. The first-order chi connectivity index (χ1) is 12.8. The number of amides is 1. The van der Waals surface area contributed by atoms with Gasteiger partial charge in [-0.25, -0.2) is 13.1 Å². The second kappa shape index (κ2) is 7.90. The van der Waals surface area contributed by atoms with Crippen LogP contribution < -0.4 is 9.46 Å². The highest BCUT2D eigenvalue weighted by molar-refractivity contribution is 14.1. The van der Waals surface area contributed by atoms with Gasteiger partial charge in [0.2, 0.25) is 10.0 Å². The van der Waals surface area contributed by atoms with Crippen molar-refractivity contribution in [2.45, 2.75) is 6.18 Å². The third-order valence-corrected chi connectivity index (χ3v) is 4.57. The molecule has 0 saturated carbocycles. The first-order valence-corrected chi connectivity index (χ1v) is 10.1. The van der Waals surface area contributed by atoms with Crippen LogP contribution >= 0.6 is 22.6 Å². The largest absolute Gasteiger partial charge is 0.456 e. The summed E-state index contributed by atoms with van der Waals surface area (Å²) in [6.07, 6.45) is -3.84. The zero-order valence-electron chi connectivity index (χ0n) is 13.8. The number of rotatable bonds is 5. The fourth-order valence-electron chi connectivity index (χ4n) is 2.03. The number of sulfonamides is 1. The number of carbonyl (C=O) groups excluding carboxylic acids is 1. The predicted octanol–water partition coefficient (Wildman–Crippen LogP) is 3.70. The summed E-state index contributed by atoms with van der Waals surface area (Å²) < 4.78 is 67.7. The Balaban J connectivity index is 2.41. The maximum absolute atomic E-state index is 12.7. The minimum absolute atomic E-state index is 0.0110. The van der Waals surface area contributed by atoms with Gasteiger partial charge in [-0.1, -0.05) is 0 Å². The molecule has 0 radical (unpaired) electrons. The molecule has 0 heterocycles. The molecular weight excluding hydrogens is 520 g/mol. The Labute approximate surface area is 170 Å². The summed E-state index contributed by atoms with van der Waals surface area (Å²) in [4.78, 5) is 22.2. The van der Waals surface area contributed by atoms with E-state index in [1.54, 1.807) is 27.3 Å². The number of nitrogens with one attached hydrogen (secondary N) is 1. The Kier molecular flexibility index (Phi) is 6.18. The maximum Gasteiger partial charge on any atom is 0.416 e. The van der Waals surface area contributed by atoms with Gasteiger partial charge in [-0.3, -0.25) is 14.9 Å². The van der Waals surface area contributed by atoms with Gasteiger partial charge in [0, 0.05) is 12.1 Å². The summed E-state index contributed by atoms with van der Waals surface area (Å²) in [6.45, 7) is 0. The lowest BCUT2D eigenvalue weighted by Gasteiger charge is -2.12. The molecule has 0 aliphatic rings. The number of benzene rings is 2. The van der Waals surface area contributed by atoms with Gasteiger partial charge in [-0.15, -0.1) is 0 Å². The van der Waals surface area contributed by atoms with Gasteiger partial charge >= 0.3 is 6.18 Å². The molecule has 8 nitrogen and oxygen atoms in total. The average molecular weight is 530 g/mol. The molecule has 2 aromatic carbocycles. The van der Waals surface area contributed by atoms with Crippen molar-refractivity contribution >= 4 is 44.2 Å². The molecule has 0 saturated heterocycles. The smallest absolute Gasteiger partial charge is 0.416 e. The number of nitrogens with zero attached hydrogens (tertiary/aromatic N) is 1. The molecule has 0 aliphatic heterocycles. The molecule has 0 aliphatic carbocycles. The van der Waals surface area contributed by atoms with Crippen molar-refractivity contribution in [3.8, 4) is 11.5 Å².